The van der Waals surface area contributed by atoms with E-state index in [9.17, 15) is 4.79 Å². The maximum atomic E-state index is 12.4. The summed E-state index contributed by atoms with van der Waals surface area (Å²) in [6, 6.07) is 5.47. The molecule has 0 aliphatic rings. The van der Waals surface area contributed by atoms with Crippen LogP contribution in [0.15, 0.2) is 23.0 Å². The van der Waals surface area contributed by atoms with Gasteiger partial charge < -0.3 is 9.47 Å². The van der Waals surface area contributed by atoms with E-state index in [1.54, 1.807) is 27.3 Å². The molecule has 9 heteroatoms. The van der Waals surface area contributed by atoms with Gasteiger partial charge in [0, 0.05) is 13.5 Å². The molecule has 1 aromatic carbocycles. The standard InChI is InChI=1S/C14H15N5O3S/c1-18-12(20)9(17-19-13(18)15-16-14(19)23)6-8-4-5-10(21-2)11(7-8)22-3/h4-5,7H,6H2,1-3H3,(H,16,23). The van der Waals surface area contributed by atoms with E-state index in [4.69, 9.17) is 21.7 Å². The minimum absolute atomic E-state index is 0.221. The molecule has 8 nitrogen and oxygen atoms in total. The monoisotopic (exact) mass is 333 g/mol. The number of hydrogen-bond acceptors (Lipinski definition) is 6. The Hall–Kier alpha value is -2.68. The van der Waals surface area contributed by atoms with Gasteiger partial charge in [-0.15, -0.1) is 5.10 Å². The molecule has 0 bridgehead atoms. The largest absolute Gasteiger partial charge is 0.493 e. The van der Waals surface area contributed by atoms with Crippen molar-refractivity contribution in [1.29, 1.82) is 0 Å². The molecule has 3 aromatic rings. The van der Waals surface area contributed by atoms with Gasteiger partial charge in [0.25, 0.3) is 11.3 Å². The zero-order chi connectivity index (χ0) is 16.6. The summed E-state index contributed by atoms with van der Waals surface area (Å²) >= 11 is 5.12. The average molecular weight is 333 g/mol. The number of fused-ring (bicyclic) bond motifs is 1. The molecule has 0 atom stereocenters. The second kappa shape index (κ2) is 5.84. The highest BCUT2D eigenvalue weighted by molar-refractivity contribution is 7.71. The summed E-state index contributed by atoms with van der Waals surface area (Å²) in [5.74, 6) is 1.60. The van der Waals surface area contributed by atoms with Gasteiger partial charge in [0.2, 0.25) is 4.77 Å². The zero-order valence-corrected chi connectivity index (χ0v) is 13.7. The predicted octanol–water partition coefficient (Wildman–Crippen LogP) is 1.09. The first kappa shape index (κ1) is 15.2. The second-order valence-corrected chi connectivity index (χ2v) is 5.30. The number of nitrogens with one attached hydrogen (secondary N) is 1. The lowest BCUT2D eigenvalue weighted by Gasteiger charge is -2.09. The number of ether oxygens (including phenoxy) is 2. The van der Waals surface area contributed by atoms with Crippen molar-refractivity contribution in [2.24, 2.45) is 7.05 Å². The molecule has 0 aliphatic carbocycles. The minimum atomic E-state index is -0.221. The van der Waals surface area contributed by atoms with Gasteiger partial charge in [-0.3, -0.25) is 9.36 Å². The maximum absolute atomic E-state index is 12.4. The third-order valence-electron chi connectivity index (χ3n) is 3.53. The fourth-order valence-corrected chi connectivity index (χ4v) is 2.50. The number of aromatic amines is 1. The Morgan fingerprint density at radius 2 is 2.00 bits per heavy atom. The van der Waals surface area contributed by atoms with E-state index >= 15 is 0 Å². The molecule has 1 N–H and O–H groups in total. The van der Waals surface area contributed by atoms with E-state index in [-0.39, 0.29) is 5.56 Å². The highest BCUT2D eigenvalue weighted by Crippen LogP contribution is 2.28. The fourth-order valence-electron chi connectivity index (χ4n) is 2.33. The summed E-state index contributed by atoms with van der Waals surface area (Å²) in [7, 11) is 4.77. The first-order chi connectivity index (χ1) is 11.0. The van der Waals surface area contributed by atoms with Crippen LogP contribution in [0, 0.1) is 4.77 Å². The second-order valence-electron chi connectivity index (χ2n) is 4.92. The molecule has 3 rings (SSSR count). The van der Waals surface area contributed by atoms with Crippen molar-refractivity contribution in [3.8, 4) is 11.5 Å². The topological polar surface area (TPSA) is 86.4 Å². The molecule has 0 unspecified atom stereocenters. The molecule has 0 saturated heterocycles. The zero-order valence-electron chi connectivity index (χ0n) is 12.9. The van der Waals surface area contributed by atoms with Gasteiger partial charge in [-0.2, -0.15) is 9.61 Å². The Balaban J connectivity index is 2.08. The van der Waals surface area contributed by atoms with E-state index in [0.717, 1.165) is 5.56 Å². The van der Waals surface area contributed by atoms with Crippen LogP contribution in [0.3, 0.4) is 0 Å². The van der Waals surface area contributed by atoms with Crippen LogP contribution in [0.2, 0.25) is 0 Å². The molecular weight excluding hydrogens is 318 g/mol. The van der Waals surface area contributed by atoms with Crippen LogP contribution < -0.4 is 15.0 Å². The number of aryl methyl sites for hydroxylation is 1. The number of methoxy groups -OCH3 is 2. The third-order valence-corrected chi connectivity index (χ3v) is 3.79. The van der Waals surface area contributed by atoms with Crippen molar-refractivity contribution in [2.45, 2.75) is 6.42 Å². The number of aromatic nitrogens is 5. The first-order valence-electron chi connectivity index (χ1n) is 6.79. The van der Waals surface area contributed by atoms with Gasteiger partial charge in [0.1, 0.15) is 5.69 Å². The predicted molar refractivity (Wildman–Crippen MR) is 85.8 cm³/mol. The molecule has 0 fully saturated rings. The van der Waals surface area contributed by atoms with Crippen LogP contribution in [0.25, 0.3) is 5.78 Å². The van der Waals surface area contributed by atoms with Crippen LogP contribution in [-0.2, 0) is 13.5 Å². The fraction of sp³-hybridized carbons (Fsp3) is 0.286. The molecular formula is C14H15N5O3S. The number of rotatable bonds is 4. The highest BCUT2D eigenvalue weighted by atomic mass is 32.1. The van der Waals surface area contributed by atoms with Crippen LogP contribution in [0.5, 0.6) is 11.5 Å². The quantitative estimate of drug-likeness (QED) is 0.720. The van der Waals surface area contributed by atoms with Crippen molar-refractivity contribution < 1.29 is 9.47 Å². The molecule has 0 aliphatic heterocycles. The molecule has 0 amide bonds. The Bertz CT molecular complexity index is 988. The van der Waals surface area contributed by atoms with Gasteiger partial charge in [-0.25, -0.2) is 5.10 Å². The van der Waals surface area contributed by atoms with E-state index in [1.807, 2.05) is 12.1 Å². The third kappa shape index (κ3) is 2.59. The van der Waals surface area contributed by atoms with Crippen molar-refractivity contribution in [3.05, 3.63) is 44.6 Å². The van der Waals surface area contributed by atoms with Crippen LogP contribution in [-0.4, -0.2) is 38.6 Å². The summed E-state index contributed by atoms with van der Waals surface area (Å²) in [5.41, 5.74) is 1.02. The minimum Gasteiger partial charge on any atom is -0.493 e. The molecule has 2 heterocycles. The first-order valence-corrected chi connectivity index (χ1v) is 7.20. The van der Waals surface area contributed by atoms with Crippen LogP contribution in [0.4, 0.5) is 0 Å². The van der Waals surface area contributed by atoms with Gasteiger partial charge in [-0.05, 0) is 29.9 Å². The normalized spacial score (nSPS) is 10.9. The van der Waals surface area contributed by atoms with Gasteiger partial charge in [0.15, 0.2) is 11.5 Å². The molecule has 23 heavy (non-hydrogen) atoms. The van der Waals surface area contributed by atoms with E-state index in [0.29, 0.717) is 34.2 Å². The highest BCUT2D eigenvalue weighted by Gasteiger charge is 2.13. The number of H-pyrrole nitrogens is 1. The summed E-state index contributed by atoms with van der Waals surface area (Å²) in [6.07, 6.45) is 0.343. The van der Waals surface area contributed by atoms with Crippen LogP contribution in [0.1, 0.15) is 11.3 Å². The molecule has 2 aromatic heterocycles. The lowest BCUT2D eigenvalue weighted by molar-refractivity contribution is 0.354. The maximum Gasteiger partial charge on any atom is 0.276 e. The molecule has 0 spiro atoms. The Labute approximate surface area is 136 Å². The number of benzene rings is 1. The summed E-state index contributed by atoms with van der Waals surface area (Å²) in [5, 5.41) is 10.9. The average Bonchev–Trinajstić information content (AvgIpc) is 2.93. The Kier molecular flexibility index (Phi) is 3.87. The molecule has 0 radical (unpaired) electrons. The molecule has 0 saturated carbocycles. The van der Waals surface area contributed by atoms with Gasteiger partial charge in [0.05, 0.1) is 14.2 Å². The lowest BCUT2D eigenvalue weighted by Crippen LogP contribution is -2.26. The molecule has 120 valence electrons. The van der Waals surface area contributed by atoms with Crippen LogP contribution >= 0.6 is 12.2 Å². The number of hydrogen-bond donors (Lipinski definition) is 1. The van der Waals surface area contributed by atoms with E-state index < -0.39 is 0 Å². The SMILES string of the molecule is COc1ccc(Cc2nn3c(=S)[nH]nc3n(C)c2=O)cc1OC. The smallest absolute Gasteiger partial charge is 0.276 e. The summed E-state index contributed by atoms with van der Waals surface area (Å²) in [6.45, 7) is 0. The van der Waals surface area contributed by atoms with Crippen molar-refractivity contribution in [3.63, 3.8) is 0 Å². The van der Waals surface area contributed by atoms with E-state index in [1.165, 1.54) is 9.08 Å². The summed E-state index contributed by atoms with van der Waals surface area (Å²) < 4.78 is 13.7. The van der Waals surface area contributed by atoms with Gasteiger partial charge in [-0.1, -0.05) is 6.07 Å². The number of nitrogens with zero attached hydrogens (tertiary/aromatic N) is 4. The Morgan fingerprint density at radius 3 is 2.70 bits per heavy atom. The van der Waals surface area contributed by atoms with Gasteiger partial charge >= 0.3 is 0 Å². The lowest BCUT2D eigenvalue weighted by atomic mass is 10.1. The van der Waals surface area contributed by atoms with E-state index in [2.05, 4.69) is 15.3 Å². The summed E-state index contributed by atoms with van der Waals surface area (Å²) in [4.78, 5) is 12.4. The van der Waals surface area contributed by atoms with Crippen molar-refractivity contribution in [1.82, 2.24) is 24.4 Å². The Morgan fingerprint density at radius 1 is 1.26 bits per heavy atom. The van der Waals surface area contributed by atoms with Crippen molar-refractivity contribution in [2.75, 3.05) is 14.2 Å². The van der Waals surface area contributed by atoms with Crippen molar-refractivity contribution >= 4 is 18.0 Å².